The van der Waals surface area contributed by atoms with Crippen LogP contribution in [-0.4, -0.2) is 37.3 Å². The van der Waals surface area contributed by atoms with Crippen molar-refractivity contribution in [1.29, 1.82) is 0 Å². The third kappa shape index (κ3) is 2.73. The smallest absolute Gasteiger partial charge is 0.256 e. The molecular formula is C21H19N5O. The van der Waals surface area contributed by atoms with Crippen molar-refractivity contribution in [3.05, 3.63) is 66.2 Å². The van der Waals surface area contributed by atoms with Crippen LogP contribution in [0.4, 0.5) is 0 Å². The van der Waals surface area contributed by atoms with Crippen molar-refractivity contribution >= 4 is 28.0 Å². The van der Waals surface area contributed by atoms with Crippen LogP contribution >= 0.6 is 0 Å². The molecule has 4 aromatic rings. The maximum absolute atomic E-state index is 13.4. The molecule has 1 saturated heterocycles. The van der Waals surface area contributed by atoms with Gasteiger partial charge in [-0.05, 0) is 43.5 Å². The number of carbonyl (C=O) groups is 1. The van der Waals surface area contributed by atoms with Crippen molar-refractivity contribution in [1.82, 2.24) is 24.8 Å². The quantitative estimate of drug-likeness (QED) is 0.591. The number of amides is 1. The molecule has 0 aliphatic carbocycles. The van der Waals surface area contributed by atoms with Gasteiger partial charge in [0.2, 0.25) is 0 Å². The molecule has 1 amide bonds. The highest BCUT2D eigenvalue weighted by Crippen LogP contribution is 2.32. The second kappa shape index (κ2) is 6.46. The SMILES string of the molecule is O=C(c1cccc2nccnc12)N1CCCC[C@@H]1c1nc2ccccc2[nH]1. The molecule has 0 bridgehead atoms. The number of benzene rings is 2. The molecule has 27 heavy (non-hydrogen) atoms. The number of para-hydroxylation sites is 3. The van der Waals surface area contributed by atoms with Crippen molar-refractivity contribution in [2.75, 3.05) is 6.54 Å². The molecule has 1 N–H and O–H groups in total. The number of aromatic amines is 1. The van der Waals surface area contributed by atoms with Crippen LogP contribution in [0.25, 0.3) is 22.1 Å². The fourth-order valence-corrected chi connectivity index (χ4v) is 3.91. The van der Waals surface area contributed by atoms with E-state index in [1.165, 1.54) is 0 Å². The molecule has 6 nitrogen and oxygen atoms in total. The number of H-pyrrole nitrogens is 1. The van der Waals surface area contributed by atoms with E-state index in [-0.39, 0.29) is 11.9 Å². The van der Waals surface area contributed by atoms with Gasteiger partial charge in [-0.3, -0.25) is 14.8 Å². The minimum absolute atomic E-state index is 0.00810. The Kier molecular flexibility index (Phi) is 3.81. The van der Waals surface area contributed by atoms with Crippen molar-refractivity contribution in [2.45, 2.75) is 25.3 Å². The Balaban J connectivity index is 1.56. The first-order valence-corrected chi connectivity index (χ1v) is 9.26. The maximum Gasteiger partial charge on any atom is 0.256 e. The van der Waals surface area contributed by atoms with Crippen molar-refractivity contribution in [2.24, 2.45) is 0 Å². The van der Waals surface area contributed by atoms with Crippen LogP contribution in [0.15, 0.2) is 54.9 Å². The molecular weight excluding hydrogens is 338 g/mol. The molecule has 1 atom stereocenters. The lowest BCUT2D eigenvalue weighted by Crippen LogP contribution is -2.39. The van der Waals surface area contributed by atoms with Crippen LogP contribution in [0, 0.1) is 0 Å². The molecule has 134 valence electrons. The molecule has 0 radical (unpaired) electrons. The molecule has 1 aliphatic heterocycles. The van der Waals surface area contributed by atoms with Crippen molar-refractivity contribution in [3.8, 4) is 0 Å². The molecule has 0 saturated carbocycles. The van der Waals surface area contributed by atoms with E-state index in [2.05, 4.69) is 15.0 Å². The zero-order chi connectivity index (χ0) is 18.2. The summed E-state index contributed by atoms with van der Waals surface area (Å²) in [4.78, 5) is 32.2. The number of nitrogens with one attached hydrogen (secondary N) is 1. The van der Waals surface area contributed by atoms with E-state index in [9.17, 15) is 4.79 Å². The van der Waals surface area contributed by atoms with Crippen LogP contribution < -0.4 is 0 Å². The molecule has 0 unspecified atom stereocenters. The Labute approximate surface area is 156 Å². The van der Waals surface area contributed by atoms with Gasteiger partial charge in [0.15, 0.2) is 0 Å². The van der Waals surface area contributed by atoms with Crippen LogP contribution in [0.1, 0.15) is 41.5 Å². The van der Waals surface area contributed by atoms with Crippen LogP contribution in [-0.2, 0) is 0 Å². The fourth-order valence-electron chi connectivity index (χ4n) is 3.91. The lowest BCUT2D eigenvalue weighted by molar-refractivity contribution is 0.0603. The maximum atomic E-state index is 13.4. The van der Waals surface area contributed by atoms with E-state index in [4.69, 9.17) is 4.98 Å². The summed E-state index contributed by atoms with van der Waals surface area (Å²) in [5, 5.41) is 0. The number of hydrogen-bond acceptors (Lipinski definition) is 4. The molecule has 6 heteroatoms. The number of piperidine rings is 1. The number of nitrogens with zero attached hydrogens (tertiary/aromatic N) is 4. The van der Waals surface area contributed by atoms with Crippen LogP contribution in [0.5, 0.6) is 0 Å². The highest BCUT2D eigenvalue weighted by Gasteiger charge is 2.31. The number of carbonyl (C=O) groups excluding carboxylic acids is 1. The number of imidazole rings is 1. The Hall–Kier alpha value is -3.28. The summed E-state index contributed by atoms with van der Waals surface area (Å²) in [7, 11) is 0. The zero-order valence-corrected chi connectivity index (χ0v) is 14.8. The van der Waals surface area contributed by atoms with E-state index >= 15 is 0 Å². The molecule has 1 aliphatic rings. The number of likely N-dealkylation sites (tertiary alicyclic amines) is 1. The van der Waals surface area contributed by atoms with E-state index in [0.29, 0.717) is 11.1 Å². The largest absolute Gasteiger partial charge is 0.340 e. The first-order valence-electron chi connectivity index (χ1n) is 9.26. The fraction of sp³-hybridized carbons (Fsp3) is 0.238. The number of aromatic nitrogens is 4. The third-order valence-corrected chi connectivity index (χ3v) is 5.22. The molecule has 0 spiro atoms. The highest BCUT2D eigenvalue weighted by atomic mass is 16.2. The van der Waals surface area contributed by atoms with E-state index in [0.717, 1.165) is 48.2 Å². The number of rotatable bonds is 2. The van der Waals surface area contributed by atoms with Gasteiger partial charge in [0.05, 0.1) is 28.2 Å². The normalized spacial score (nSPS) is 17.5. The topological polar surface area (TPSA) is 74.8 Å². The van der Waals surface area contributed by atoms with E-state index < -0.39 is 0 Å². The molecule has 5 rings (SSSR count). The minimum Gasteiger partial charge on any atom is -0.340 e. The lowest BCUT2D eigenvalue weighted by atomic mass is 9.99. The summed E-state index contributed by atoms with van der Waals surface area (Å²) in [6, 6.07) is 13.5. The Bertz CT molecular complexity index is 1100. The molecule has 2 aromatic heterocycles. The van der Waals surface area contributed by atoms with E-state index in [1.807, 2.05) is 47.4 Å². The average molecular weight is 357 g/mol. The average Bonchev–Trinajstić information content (AvgIpc) is 3.17. The van der Waals surface area contributed by atoms with Gasteiger partial charge in [0, 0.05) is 18.9 Å². The first kappa shape index (κ1) is 15.9. The Morgan fingerprint density at radius 2 is 1.85 bits per heavy atom. The monoisotopic (exact) mass is 357 g/mol. The number of hydrogen-bond donors (Lipinski definition) is 1. The van der Waals surface area contributed by atoms with Crippen LogP contribution in [0.2, 0.25) is 0 Å². The first-order chi connectivity index (χ1) is 13.3. The predicted molar refractivity (Wildman–Crippen MR) is 103 cm³/mol. The van der Waals surface area contributed by atoms with Gasteiger partial charge < -0.3 is 9.88 Å². The predicted octanol–water partition coefficient (Wildman–Crippen LogP) is 3.87. The molecule has 1 fully saturated rings. The Morgan fingerprint density at radius 1 is 1.00 bits per heavy atom. The summed E-state index contributed by atoms with van der Waals surface area (Å²) in [5.41, 5.74) is 3.92. The van der Waals surface area contributed by atoms with Crippen molar-refractivity contribution < 1.29 is 4.79 Å². The van der Waals surface area contributed by atoms with Gasteiger partial charge in [-0.2, -0.15) is 0 Å². The summed E-state index contributed by atoms with van der Waals surface area (Å²) >= 11 is 0. The van der Waals surface area contributed by atoms with Crippen LogP contribution in [0.3, 0.4) is 0 Å². The lowest BCUT2D eigenvalue weighted by Gasteiger charge is -2.34. The van der Waals surface area contributed by atoms with Gasteiger partial charge >= 0.3 is 0 Å². The molecule has 3 heterocycles. The van der Waals surface area contributed by atoms with Crippen molar-refractivity contribution in [3.63, 3.8) is 0 Å². The van der Waals surface area contributed by atoms with Gasteiger partial charge in [-0.15, -0.1) is 0 Å². The summed E-state index contributed by atoms with van der Waals surface area (Å²) in [5.74, 6) is 0.849. The van der Waals surface area contributed by atoms with Gasteiger partial charge in [-0.1, -0.05) is 18.2 Å². The third-order valence-electron chi connectivity index (χ3n) is 5.22. The van der Waals surface area contributed by atoms with Gasteiger partial charge in [0.1, 0.15) is 11.3 Å². The summed E-state index contributed by atoms with van der Waals surface area (Å²) in [6.07, 6.45) is 6.27. The molecule has 2 aromatic carbocycles. The Morgan fingerprint density at radius 3 is 2.78 bits per heavy atom. The summed E-state index contributed by atoms with van der Waals surface area (Å²) in [6.45, 7) is 0.719. The number of fused-ring (bicyclic) bond motifs is 2. The van der Waals surface area contributed by atoms with E-state index in [1.54, 1.807) is 12.4 Å². The second-order valence-electron chi connectivity index (χ2n) is 6.88. The van der Waals surface area contributed by atoms with Gasteiger partial charge in [-0.25, -0.2) is 4.98 Å². The standard InChI is InChI=1S/C21H19N5O/c27-21(14-6-5-9-17-19(14)23-12-11-22-17)26-13-4-3-10-18(26)20-24-15-7-1-2-8-16(15)25-20/h1-2,5-9,11-12,18H,3-4,10,13H2,(H,24,25)/t18-/m1/s1. The zero-order valence-electron chi connectivity index (χ0n) is 14.8. The van der Waals surface area contributed by atoms with Gasteiger partial charge in [0.25, 0.3) is 5.91 Å². The minimum atomic E-state index is -0.0504. The second-order valence-corrected chi connectivity index (χ2v) is 6.88. The summed E-state index contributed by atoms with van der Waals surface area (Å²) < 4.78 is 0. The highest BCUT2D eigenvalue weighted by molar-refractivity contribution is 6.04.